The number of aliphatic hydroxyl groups excluding tert-OH is 1. The molecule has 0 radical (unpaired) electrons. The molecule has 1 amide bonds. The number of aromatic amines is 1. The van der Waals surface area contributed by atoms with Crippen molar-refractivity contribution in [2.24, 2.45) is 10.7 Å². The summed E-state index contributed by atoms with van der Waals surface area (Å²) in [6.07, 6.45) is 1.32. The Balaban J connectivity index is 1.69. The molecule has 0 atom stereocenters. The quantitative estimate of drug-likeness (QED) is 0.204. The van der Waals surface area contributed by atoms with Gasteiger partial charge in [0.1, 0.15) is 16.4 Å². The molecule has 0 bridgehead atoms. The Morgan fingerprint density at radius 3 is 2.50 bits per heavy atom. The Kier molecular flexibility index (Phi) is 7.36. The minimum atomic E-state index is -0.315. The van der Waals surface area contributed by atoms with E-state index in [9.17, 15) is 9.59 Å². The number of rotatable bonds is 9. The summed E-state index contributed by atoms with van der Waals surface area (Å²) in [6, 6.07) is 16.1. The Labute approximate surface area is 177 Å². The second kappa shape index (κ2) is 10.4. The Morgan fingerprint density at radius 2 is 1.80 bits per heavy atom. The number of benzene rings is 2. The smallest absolute Gasteiger partial charge is 0.271 e. The van der Waals surface area contributed by atoms with Crippen molar-refractivity contribution in [2.75, 3.05) is 23.8 Å². The fraction of sp³-hybridized carbons (Fsp3) is 0.190. The lowest BCUT2D eigenvalue weighted by Crippen LogP contribution is -2.22. The number of H-pyrrole nitrogens is 1. The molecule has 0 aliphatic heterocycles. The van der Waals surface area contributed by atoms with Crippen LogP contribution in [-0.4, -0.2) is 34.4 Å². The van der Waals surface area contributed by atoms with Crippen LogP contribution in [-0.2, 0) is 0 Å². The van der Waals surface area contributed by atoms with E-state index >= 15 is 0 Å². The van der Waals surface area contributed by atoms with E-state index in [1.807, 2.05) is 30.3 Å². The van der Waals surface area contributed by atoms with Crippen LogP contribution in [0.5, 0.6) is 0 Å². The topological polar surface area (TPSA) is 133 Å². The Hall–Kier alpha value is -3.43. The Bertz CT molecular complexity index is 1060. The second-order valence-corrected chi connectivity index (χ2v) is 7.27. The van der Waals surface area contributed by atoms with Gasteiger partial charge in [0.25, 0.3) is 11.5 Å². The molecule has 0 fully saturated rings. The molecule has 9 heteroatoms. The number of aromatic nitrogens is 1. The highest BCUT2D eigenvalue weighted by Gasteiger charge is 2.15. The van der Waals surface area contributed by atoms with Crippen LogP contribution in [0.4, 0.5) is 16.4 Å². The summed E-state index contributed by atoms with van der Waals surface area (Å²) in [7, 11) is 0. The van der Waals surface area contributed by atoms with Gasteiger partial charge in [-0.05, 0) is 60.8 Å². The van der Waals surface area contributed by atoms with Crippen LogP contribution >= 0.6 is 11.5 Å². The molecule has 0 saturated carbocycles. The third-order valence-electron chi connectivity index (χ3n) is 4.24. The van der Waals surface area contributed by atoms with E-state index in [-0.39, 0.29) is 29.5 Å². The molecule has 0 aliphatic carbocycles. The normalized spacial score (nSPS) is 11.3. The number of nitrogens with zero attached hydrogens (tertiary/aromatic N) is 1. The zero-order chi connectivity index (χ0) is 21.3. The van der Waals surface area contributed by atoms with E-state index in [2.05, 4.69) is 20.0 Å². The largest absolute Gasteiger partial charge is 0.396 e. The molecule has 30 heavy (non-hydrogen) atoms. The van der Waals surface area contributed by atoms with Crippen LogP contribution in [0, 0.1) is 0 Å². The van der Waals surface area contributed by atoms with Gasteiger partial charge in [-0.25, -0.2) is 0 Å². The first-order valence-corrected chi connectivity index (χ1v) is 10.3. The van der Waals surface area contributed by atoms with E-state index in [4.69, 9.17) is 10.8 Å². The Morgan fingerprint density at radius 1 is 1.07 bits per heavy atom. The molecule has 0 spiro atoms. The monoisotopic (exact) mass is 425 g/mol. The van der Waals surface area contributed by atoms with Crippen molar-refractivity contribution in [3.8, 4) is 0 Å². The molecule has 1 heterocycles. The highest BCUT2D eigenvalue weighted by Crippen LogP contribution is 2.23. The molecule has 3 rings (SSSR count). The molecule has 0 saturated heterocycles. The van der Waals surface area contributed by atoms with E-state index in [1.165, 1.54) is 0 Å². The van der Waals surface area contributed by atoms with Crippen LogP contribution in [0.15, 0.2) is 64.4 Å². The number of aliphatic hydroxyl groups is 1. The van der Waals surface area contributed by atoms with Gasteiger partial charge in [0.2, 0.25) is 0 Å². The molecule has 156 valence electrons. The third-order valence-corrected chi connectivity index (χ3v) is 5.04. The number of para-hydroxylation sites is 1. The highest BCUT2D eigenvalue weighted by molar-refractivity contribution is 7.10. The van der Waals surface area contributed by atoms with Gasteiger partial charge < -0.3 is 21.5 Å². The minimum absolute atomic E-state index is 0.0978. The van der Waals surface area contributed by atoms with Crippen LogP contribution in [0.2, 0.25) is 0 Å². The fourth-order valence-electron chi connectivity index (χ4n) is 2.69. The molecule has 8 nitrogen and oxygen atoms in total. The van der Waals surface area contributed by atoms with Gasteiger partial charge in [0.15, 0.2) is 0 Å². The van der Waals surface area contributed by atoms with E-state index in [0.717, 1.165) is 17.2 Å². The average molecular weight is 426 g/mol. The zero-order valence-electron chi connectivity index (χ0n) is 16.2. The number of anilines is 3. The van der Waals surface area contributed by atoms with Gasteiger partial charge in [0, 0.05) is 30.1 Å². The van der Waals surface area contributed by atoms with Crippen molar-refractivity contribution in [3.05, 3.63) is 76.1 Å². The van der Waals surface area contributed by atoms with Crippen molar-refractivity contribution in [3.63, 3.8) is 0 Å². The lowest BCUT2D eigenvalue weighted by Gasteiger charge is -2.08. The van der Waals surface area contributed by atoms with E-state index in [0.29, 0.717) is 35.6 Å². The summed E-state index contributed by atoms with van der Waals surface area (Å²) in [4.78, 5) is 28.7. The SMILES string of the molecule is NC(=NCCCCO)c1c(Nc2ccc(C(=O)Nc3ccccc3)cc2)s[nH]c1=O. The van der Waals surface area contributed by atoms with E-state index < -0.39 is 0 Å². The molecule has 6 N–H and O–H groups in total. The van der Waals surface area contributed by atoms with Crippen molar-refractivity contribution < 1.29 is 9.90 Å². The number of amidine groups is 1. The number of hydrogen-bond acceptors (Lipinski definition) is 6. The summed E-state index contributed by atoms with van der Waals surface area (Å²) in [5.41, 5.74) is 7.91. The first kappa shape index (κ1) is 21.3. The number of amides is 1. The average Bonchev–Trinajstić information content (AvgIpc) is 3.12. The van der Waals surface area contributed by atoms with Gasteiger partial charge >= 0.3 is 0 Å². The minimum Gasteiger partial charge on any atom is -0.396 e. The first-order chi connectivity index (χ1) is 14.6. The number of nitrogens with one attached hydrogen (secondary N) is 3. The highest BCUT2D eigenvalue weighted by atomic mass is 32.1. The lowest BCUT2D eigenvalue weighted by atomic mass is 10.2. The summed E-state index contributed by atoms with van der Waals surface area (Å²) in [5.74, 6) is -0.0594. The molecule has 2 aromatic carbocycles. The maximum absolute atomic E-state index is 12.4. The van der Waals surface area contributed by atoms with Gasteiger partial charge in [-0.15, -0.1) is 0 Å². The summed E-state index contributed by atoms with van der Waals surface area (Å²) in [5, 5.41) is 15.4. The maximum Gasteiger partial charge on any atom is 0.271 e. The summed E-state index contributed by atoms with van der Waals surface area (Å²) < 4.78 is 2.66. The van der Waals surface area contributed by atoms with Gasteiger partial charge in [-0.3, -0.25) is 19.0 Å². The maximum atomic E-state index is 12.4. The molecule has 3 aromatic rings. The number of hydrogen-bond donors (Lipinski definition) is 5. The van der Waals surface area contributed by atoms with Crippen molar-refractivity contribution in [1.29, 1.82) is 0 Å². The first-order valence-electron chi connectivity index (χ1n) is 9.44. The fourth-order valence-corrected chi connectivity index (χ4v) is 3.45. The van der Waals surface area contributed by atoms with Gasteiger partial charge in [0.05, 0.1) is 0 Å². The molecular weight excluding hydrogens is 402 g/mol. The van der Waals surface area contributed by atoms with Crippen molar-refractivity contribution >= 4 is 39.7 Å². The second-order valence-electron chi connectivity index (χ2n) is 6.46. The number of unbranched alkanes of at least 4 members (excludes halogenated alkanes) is 1. The number of carbonyl (C=O) groups excluding carboxylic acids is 1. The van der Waals surface area contributed by atoms with Gasteiger partial charge in [-0.2, -0.15) is 0 Å². The lowest BCUT2D eigenvalue weighted by molar-refractivity contribution is 0.102. The van der Waals surface area contributed by atoms with Crippen LogP contribution in [0.3, 0.4) is 0 Å². The number of carbonyl (C=O) groups is 1. The van der Waals surface area contributed by atoms with Crippen LogP contribution in [0.25, 0.3) is 0 Å². The third kappa shape index (κ3) is 5.56. The van der Waals surface area contributed by atoms with Crippen LogP contribution < -0.4 is 21.9 Å². The number of nitrogens with two attached hydrogens (primary N) is 1. The van der Waals surface area contributed by atoms with Crippen molar-refractivity contribution in [1.82, 2.24) is 4.37 Å². The molecule has 0 aliphatic rings. The molecule has 1 aromatic heterocycles. The predicted octanol–water partition coefficient (Wildman–Crippen LogP) is 2.91. The van der Waals surface area contributed by atoms with Crippen LogP contribution in [0.1, 0.15) is 28.8 Å². The molecular formula is C21H23N5O3S. The van der Waals surface area contributed by atoms with E-state index in [1.54, 1.807) is 24.3 Å². The number of aliphatic imine (C=N–C) groups is 1. The molecule has 0 unspecified atom stereocenters. The van der Waals surface area contributed by atoms with Crippen molar-refractivity contribution in [2.45, 2.75) is 12.8 Å². The standard InChI is InChI=1S/C21H23N5O3S/c22-18(23-12-4-5-13-27)17-20(29)26-30-21(17)25-16-10-8-14(9-11-16)19(28)24-15-6-2-1-3-7-15/h1-3,6-11,25,27H,4-5,12-13H2,(H2,22,23)(H,24,28)(H,26,29). The van der Waals surface area contributed by atoms with Gasteiger partial charge in [-0.1, -0.05) is 18.2 Å². The predicted molar refractivity (Wildman–Crippen MR) is 121 cm³/mol. The summed E-state index contributed by atoms with van der Waals surface area (Å²) in [6.45, 7) is 0.535. The zero-order valence-corrected chi connectivity index (χ0v) is 17.0. The summed E-state index contributed by atoms with van der Waals surface area (Å²) >= 11 is 1.13.